The lowest BCUT2D eigenvalue weighted by atomic mass is 9.82. The molecule has 122 valence electrons. The number of sulfone groups is 1. The first-order valence-corrected chi connectivity index (χ1v) is 8.12. The quantitative estimate of drug-likeness (QED) is 0.884. The van der Waals surface area contributed by atoms with E-state index in [1.54, 1.807) is 0 Å². The van der Waals surface area contributed by atoms with Gasteiger partial charge < -0.3 is 10.4 Å². The van der Waals surface area contributed by atoms with E-state index in [0.717, 1.165) is 18.2 Å². The van der Waals surface area contributed by atoms with Crippen LogP contribution in [0.5, 0.6) is 0 Å². The second-order valence-electron chi connectivity index (χ2n) is 5.29. The maximum atomic E-state index is 12.6. The molecule has 1 aromatic carbocycles. The highest BCUT2D eigenvalue weighted by Gasteiger charge is 2.35. The minimum absolute atomic E-state index is 0.253. The third-order valence-corrected chi connectivity index (χ3v) is 5.42. The van der Waals surface area contributed by atoms with Gasteiger partial charge in [0, 0.05) is 6.04 Å². The summed E-state index contributed by atoms with van der Waals surface area (Å²) in [6, 6.07) is 3.34. The molecule has 9 heteroatoms. The van der Waals surface area contributed by atoms with Gasteiger partial charge >= 0.3 is 12.3 Å². The van der Waals surface area contributed by atoms with Crippen molar-refractivity contribution in [2.45, 2.75) is 30.0 Å². The van der Waals surface area contributed by atoms with E-state index in [-0.39, 0.29) is 22.6 Å². The van der Waals surface area contributed by atoms with Crippen LogP contribution >= 0.6 is 0 Å². The van der Waals surface area contributed by atoms with Crippen LogP contribution in [0.15, 0.2) is 29.2 Å². The Morgan fingerprint density at radius 3 is 2.50 bits per heavy atom. The Kier molecular flexibility index (Phi) is 4.37. The number of benzene rings is 1. The summed E-state index contributed by atoms with van der Waals surface area (Å²) in [7, 11) is -3.83. The molecule has 1 aliphatic carbocycles. The van der Waals surface area contributed by atoms with E-state index >= 15 is 0 Å². The molecule has 0 atom stereocenters. The molecule has 0 unspecified atom stereocenters. The molecule has 1 fully saturated rings. The Morgan fingerprint density at radius 2 is 1.95 bits per heavy atom. The highest BCUT2D eigenvalue weighted by atomic mass is 32.2. The monoisotopic (exact) mass is 337 g/mol. The van der Waals surface area contributed by atoms with Crippen LogP contribution in [-0.4, -0.2) is 31.4 Å². The lowest BCUT2D eigenvalue weighted by molar-refractivity contribution is -0.137. The summed E-state index contributed by atoms with van der Waals surface area (Å²) in [5.74, 6) is -0.539. The third kappa shape index (κ3) is 3.90. The van der Waals surface area contributed by atoms with Crippen molar-refractivity contribution in [3.63, 3.8) is 0 Å². The van der Waals surface area contributed by atoms with Crippen molar-refractivity contribution in [2.24, 2.45) is 5.92 Å². The van der Waals surface area contributed by atoms with Crippen molar-refractivity contribution in [3.8, 4) is 0 Å². The van der Waals surface area contributed by atoms with Gasteiger partial charge in [0.25, 0.3) is 0 Å². The van der Waals surface area contributed by atoms with Gasteiger partial charge in [-0.1, -0.05) is 6.07 Å². The van der Waals surface area contributed by atoms with E-state index in [9.17, 15) is 26.4 Å². The zero-order valence-electron chi connectivity index (χ0n) is 11.3. The molecule has 0 aromatic heterocycles. The van der Waals surface area contributed by atoms with Gasteiger partial charge in [0.2, 0.25) is 0 Å². The Morgan fingerprint density at radius 1 is 1.32 bits per heavy atom. The first-order valence-electron chi connectivity index (χ1n) is 6.47. The summed E-state index contributed by atoms with van der Waals surface area (Å²) in [5, 5.41) is 10.8. The molecule has 2 N–H and O–H groups in total. The number of nitrogens with one attached hydrogen (secondary N) is 1. The van der Waals surface area contributed by atoms with Crippen LogP contribution in [0, 0.1) is 5.92 Å². The zero-order valence-corrected chi connectivity index (χ0v) is 12.1. The number of rotatable bonds is 4. The predicted molar refractivity (Wildman–Crippen MR) is 71.2 cm³/mol. The van der Waals surface area contributed by atoms with Crippen LogP contribution in [-0.2, 0) is 16.0 Å². The first-order chi connectivity index (χ1) is 10.1. The molecule has 0 heterocycles. The molecule has 1 aromatic rings. The molecule has 0 bridgehead atoms. The summed E-state index contributed by atoms with van der Waals surface area (Å²) < 4.78 is 62.1. The number of carbonyl (C=O) groups is 1. The average molecular weight is 337 g/mol. The minimum Gasteiger partial charge on any atom is -0.465 e. The van der Waals surface area contributed by atoms with Gasteiger partial charge in [-0.2, -0.15) is 13.2 Å². The Labute approximate surface area is 125 Å². The number of amides is 1. The molecule has 1 saturated carbocycles. The fourth-order valence-electron chi connectivity index (χ4n) is 2.44. The topological polar surface area (TPSA) is 83.5 Å². The molecule has 0 spiro atoms. The molecular weight excluding hydrogens is 323 g/mol. The Bertz CT molecular complexity index is 666. The van der Waals surface area contributed by atoms with Crippen molar-refractivity contribution in [1.29, 1.82) is 0 Å². The van der Waals surface area contributed by atoms with Crippen molar-refractivity contribution in [3.05, 3.63) is 29.8 Å². The van der Waals surface area contributed by atoms with Gasteiger partial charge in [0.05, 0.1) is 16.2 Å². The highest BCUT2D eigenvalue weighted by molar-refractivity contribution is 7.91. The number of alkyl halides is 3. The Balaban J connectivity index is 2.04. The van der Waals surface area contributed by atoms with Gasteiger partial charge in [-0.15, -0.1) is 0 Å². The molecule has 0 radical (unpaired) electrons. The highest BCUT2D eigenvalue weighted by Crippen LogP contribution is 2.33. The second-order valence-corrected chi connectivity index (χ2v) is 7.33. The number of carboxylic acid groups (broad SMARTS) is 1. The molecule has 1 amide bonds. The summed E-state index contributed by atoms with van der Waals surface area (Å²) >= 11 is 0. The van der Waals surface area contributed by atoms with E-state index < -0.39 is 27.7 Å². The molecule has 0 saturated heterocycles. The SMILES string of the molecule is O=C(O)NC1CC(CS(=O)(=O)c2cccc(C(F)(F)F)c2)C1. The summed E-state index contributed by atoms with van der Waals surface area (Å²) in [4.78, 5) is 10.0. The summed E-state index contributed by atoms with van der Waals surface area (Å²) in [6.07, 6.45) is -5.04. The standard InChI is InChI=1S/C13H14F3NO4S/c14-13(15,16)9-2-1-3-11(6-9)22(20,21)7-8-4-10(5-8)17-12(18)19/h1-3,6,8,10,17H,4-5,7H2,(H,18,19). The molecule has 5 nitrogen and oxygen atoms in total. The van der Waals surface area contributed by atoms with Crippen molar-refractivity contribution >= 4 is 15.9 Å². The second kappa shape index (κ2) is 5.79. The third-order valence-electron chi connectivity index (χ3n) is 3.54. The lowest BCUT2D eigenvalue weighted by Crippen LogP contribution is -2.45. The van der Waals surface area contributed by atoms with E-state index in [0.29, 0.717) is 18.9 Å². The fourth-order valence-corrected chi connectivity index (χ4v) is 4.11. The van der Waals surface area contributed by atoms with Gasteiger partial charge in [-0.25, -0.2) is 13.2 Å². The molecular formula is C13H14F3NO4S. The fraction of sp³-hybridized carbons (Fsp3) is 0.462. The number of halogens is 3. The maximum Gasteiger partial charge on any atom is 0.416 e. The molecule has 0 aliphatic heterocycles. The minimum atomic E-state index is -4.60. The average Bonchev–Trinajstić information content (AvgIpc) is 2.34. The van der Waals surface area contributed by atoms with Crippen LogP contribution in [0.1, 0.15) is 18.4 Å². The van der Waals surface area contributed by atoms with Gasteiger partial charge in [0.1, 0.15) is 0 Å². The summed E-state index contributed by atoms with van der Waals surface area (Å²) in [5.41, 5.74) is -1.01. The van der Waals surface area contributed by atoms with Crippen LogP contribution in [0.25, 0.3) is 0 Å². The normalized spacial score (nSPS) is 22.0. The van der Waals surface area contributed by atoms with E-state index in [4.69, 9.17) is 5.11 Å². The first kappa shape index (κ1) is 16.6. The summed E-state index contributed by atoms with van der Waals surface area (Å²) in [6.45, 7) is 0. The predicted octanol–water partition coefficient (Wildman–Crippen LogP) is 2.53. The number of hydrogen-bond donors (Lipinski definition) is 2. The van der Waals surface area contributed by atoms with Gasteiger partial charge in [-0.05, 0) is 37.0 Å². The van der Waals surface area contributed by atoms with Gasteiger partial charge in [0.15, 0.2) is 9.84 Å². The van der Waals surface area contributed by atoms with E-state index in [1.165, 1.54) is 0 Å². The molecule has 2 rings (SSSR count). The smallest absolute Gasteiger partial charge is 0.416 e. The molecule has 1 aliphatic rings. The van der Waals surface area contributed by atoms with Crippen LogP contribution < -0.4 is 5.32 Å². The molecule has 22 heavy (non-hydrogen) atoms. The van der Waals surface area contributed by atoms with Crippen LogP contribution in [0.4, 0.5) is 18.0 Å². The van der Waals surface area contributed by atoms with Crippen LogP contribution in [0.3, 0.4) is 0 Å². The largest absolute Gasteiger partial charge is 0.465 e. The zero-order chi connectivity index (χ0) is 16.5. The lowest BCUT2D eigenvalue weighted by Gasteiger charge is -2.34. The number of hydrogen-bond acceptors (Lipinski definition) is 3. The van der Waals surface area contributed by atoms with Gasteiger partial charge in [-0.3, -0.25) is 0 Å². The van der Waals surface area contributed by atoms with Crippen molar-refractivity contribution < 1.29 is 31.5 Å². The van der Waals surface area contributed by atoms with E-state index in [1.807, 2.05) is 0 Å². The Hall–Kier alpha value is -1.77. The van der Waals surface area contributed by atoms with Crippen molar-refractivity contribution in [1.82, 2.24) is 5.32 Å². The van der Waals surface area contributed by atoms with Crippen LogP contribution in [0.2, 0.25) is 0 Å². The van der Waals surface area contributed by atoms with Crippen molar-refractivity contribution in [2.75, 3.05) is 5.75 Å². The van der Waals surface area contributed by atoms with E-state index in [2.05, 4.69) is 5.32 Å². The maximum absolute atomic E-state index is 12.6.